The van der Waals surface area contributed by atoms with E-state index in [1.165, 1.54) is 43.7 Å². The molecule has 0 atom stereocenters. The van der Waals surface area contributed by atoms with Crippen LogP contribution in [0.4, 0.5) is 10.5 Å². The van der Waals surface area contributed by atoms with Crippen molar-refractivity contribution < 1.29 is 52.9 Å². The third-order valence-corrected chi connectivity index (χ3v) is 6.67. The predicted molar refractivity (Wildman–Crippen MR) is 134 cm³/mol. The van der Waals surface area contributed by atoms with Gasteiger partial charge in [0.2, 0.25) is 5.75 Å². The smallest absolute Gasteiger partial charge is 0.412 e. The van der Waals surface area contributed by atoms with E-state index in [0.29, 0.717) is 40.5 Å². The molecule has 1 saturated carbocycles. The van der Waals surface area contributed by atoms with Crippen LogP contribution in [0, 0.1) is 0 Å². The maximum absolute atomic E-state index is 12.8. The van der Waals surface area contributed by atoms with Gasteiger partial charge >= 0.3 is 12.1 Å². The lowest BCUT2D eigenvalue weighted by Gasteiger charge is -2.25. The van der Waals surface area contributed by atoms with Crippen molar-refractivity contribution in [1.29, 1.82) is 0 Å². The zero-order chi connectivity index (χ0) is 27.5. The molecule has 1 aliphatic heterocycles. The summed E-state index contributed by atoms with van der Waals surface area (Å²) in [7, 11) is 3.13. The van der Waals surface area contributed by atoms with E-state index in [9.17, 15) is 4.79 Å². The molecule has 0 bridgehead atoms. The van der Waals surface area contributed by atoms with Crippen LogP contribution in [0.25, 0.3) is 11.0 Å². The number of rotatable bonds is 8. The molecule has 0 spiro atoms. The fourth-order valence-corrected chi connectivity index (χ4v) is 4.83. The first kappa shape index (κ1) is 28.9. The van der Waals surface area contributed by atoms with Crippen molar-refractivity contribution in [2.45, 2.75) is 57.5 Å². The molecule has 1 aromatic heterocycles. The highest BCUT2D eigenvalue weighted by molar-refractivity contribution is 6.26. The summed E-state index contributed by atoms with van der Waals surface area (Å²) >= 11 is 0. The van der Waals surface area contributed by atoms with Gasteiger partial charge in [-0.2, -0.15) is 0 Å². The molecule has 1 amide bonds. The summed E-state index contributed by atoms with van der Waals surface area (Å²) in [5, 5.41) is 19.9. The predicted octanol–water partition coefficient (Wildman–Crippen LogP) is 1.60. The highest BCUT2D eigenvalue weighted by Crippen LogP contribution is 2.50. The number of piperidine rings is 1. The molecule has 0 unspecified atom stereocenters. The SMILES string of the molecule is COc1c(NC(=O)OC2CCCCC2)c(OCC[NH+]2CCCCC2)c(OC)c2occc12.O=C([O-])C(=O)O. The number of carboxylic acid groups (broad SMARTS) is 2. The van der Waals surface area contributed by atoms with Crippen LogP contribution in [0.2, 0.25) is 0 Å². The average Bonchev–Trinajstić information content (AvgIpc) is 3.39. The van der Waals surface area contributed by atoms with Gasteiger partial charge in [0.1, 0.15) is 24.9 Å². The number of likely N-dealkylation sites (tertiary alicyclic amines) is 1. The second-order valence-corrected chi connectivity index (χ2v) is 9.23. The van der Waals surface area contributed by atoms with Crippen LogP contribution in [0.3, 0.4) is 0 Å². The summed E-state index contributed by atoms with van der Waals surface area (Å²) in [6, 6.07) is 1.79. The number of fused-ring (bicyclic) bond motifs is 1. The minimum atomic E-state index is -2.07. The first-order valence-electron chi connectivity index (χ1n) is 12.9. The largest absolute Gasteiger partial charge is 0.539 e. The first-order chi connectivity index (χ1) is 18.3. The Kier molecular flexibility index (Phi) is 10.9. The Hall–Kier alpha value is -3.67. The van der Waals surface area contributed by atoms with Crippen LogP contribution in [0.15, 0.2) is 16.7 Å². The molecular formula is C26H36N2O10. The minimum absolute atomic E-state index is 0.0543. The van der Waals surface area contributed by atoms with Gasteiger partial charge in [0.25, 0.3) is 0 Å². The molecular weight excluding hydrogens is 500 g/mol. The Labute approximate surface area is 220 Å². The summed E-state index contributed by atoms with van der Waals surface area (Å²) in [6.07, 6.45) is 9.99. The molecule has 38 heavy (non-hydrogen) atoms. The highest BCUT2D eigenvalue weighted by Gasteiger charge is 2.28. The Balaban J connectivity index is 0.000000599. The average molecular weight is 537 g/mol. The van der Waals surface area contributed by atoms with Crippen molar-refractivity contribution in [2.75, 3.05) is 45.8 Å². The molecule has 0 radical (unpaired) electrons. The molecule has 3 N–H and O–H groups in total. The van der Waals surface area contributed by atoms with Crippen molar-refractivity contribution in [3.8, 4) is 17.2 Å². The molecule has 2 fully saturated rings. The fraction of sp³-hybridized carbons (Fsp3) is 0.577. The number of carbonyl (C=O) groups is 3. The van der Waals surface area contributed by atoms with E-state index in [0.717, 1.165) is 32.2 Å². The summed E-state index contributed by atoms with van der Waals surface area (Å²) in [5.41, 5.74) is 0.934. The van der Waals surface area contributed by atoms with E-state index in [-0.39, 0.29) is 6.10 Å². The molecule has 2 aliphatic rings. The Morgan fingerprint density at radius 3 is 2.26 bits per heavy atom. The number of benzene rings is 1. The topological polar surface area (TPSA) is 161 Å². The van der Waals surface area contributed by atoms with Crippen molar-refractivity contribution >= 4 is 34.7 Å². The number of ether oxygens (including phenoxy) is 4. The lowest BCUT2D eigenvalue weighted by Crippen LogP contribution is -3.13. The number of aliphatic carboxylic acids is 2. The number of carbonyl (C=O) groups excluding carboxylic acids is 2. The molecule has 1 aromatic carbocycles. The van der Waals surface area contributed by atoms with E-state index in [2.05, 4.69) is 5.32 Å². The Morgan fingerprint density at radius 1 is 1.03 bits per heavy atom. The molecule has 4 rings (SSSR count). The van der Waals surface area contributed by atoms with E-state index in [4.69, 9.17) is 43.2 Å². The van der Waals surface area contributed by atoms with Crippen LogP contribution in [-0.4, -0.2) is 69.7 Å². The van der Waals surface area contributed by atoms with Crippen LogP contribution < -0.4 is 29.5 Å². The van der Waals surface area contributed by atoms with Gasteiger partial charge in [0.05, 0.1) is 39.0 Å². The first-order valence-corrected chi connectivity index (χ1v) is 12.9. The molecule has 1 saturated heterocycles. The quantitative estimate of drug-likeness (QED) is 0.423. The summed E-state index contributed by atoms with van der Waals surface area (Å²) in [6.45, 7) is 3.71. The van der Waals surface area contributed by atoms with E-state index < -0.39 is 18.0 Å². The van der Waals surface area contributed by atoms with Gasteiger partial charge in [-0.15, -0.1) is 0 Å². The number of anilines is 1. The van der Waals surface area contributed by atoms with Crippen molar-refractivity contribution in [2.24, 2.45) is 0 Å². The van der Waals surface area contributed by atoms with Gasteiger partial charge in [-0.05, 0) is 51.0 Å². The van der Waals surface area contributed by atoms with Crippen LogP contribution >= 0.6 is 0 Å². The highest BCUT2D eigenvalue weighted by atomic mass is 16.6. The van der Waals surface area contributed by atoms with Crippen molar-refractivity contribution in [1.82, 2.24) is 0 Å². The Bertz CT molecular complexity index is 1080. The van der Waals surface area contributed by atoms with Gasteiger partial charge in [-0.1, -0.05) is 6.42 Å². The number of hydrogen-bond donors (Lipinski definition) is 3. The third kappa shape index (κ3) is 7.67. The maximum atomic E-state index is 12.8. The molecule has 2 heterocycles. The normalized spacial score (nSPS) is 16.2. The van der Waals surface area contributed by atoms with Gasteiger partial charge in [-0.3, -0.25) is 5.32 Å². The number of amides is 1. The lowest BCUT2D eigenvalue weighted by molar-refractivity contribution is -0.904. The summed E-state index contributed by atoms with van der Waals surface area (Å²) < 4.78 is 28.9. The van der Waals surface area contributed by atoms with E-state index in [1.54, 1.807) is 26.5 Å². The molecule has 12 heteroatoms. The number of furan rings is 1. The van der Waals surface area contributed by atoms with Crippen molar-refractivity contribution in [3.63, 3.8) is 0 Å². The number of methoxy groups -OCH3 is 2. The van der Waals surface area contributed by atoms with Crippen molar-refractivity contribution in [3.05, 3.63) is 12.3 Å². The maximum Gasteiger partial charge on any atom is 0.412 e. The van der Waals surface area contributed by atoms with E-state index in [1.807, 2.05) is 0 Å². The van der Waals surface area contributed by atoms with Crippen LogP contribution in [0.5, 0.6) is 17.2 Å². The molecule has 2 aromatic rings. The van der Waals surface area contributed by atoms with Gasteiger partial charge in [-0.25, -0.2) is 9.59 Å². The fourth-order valence-electron chi connectivity index (χ4n) is 4.83. The number of quaternary nitrogens is 1. The van der Waals surface area contributed by atoms with Gasteiger partial charge < -0.3 is 43.3 Å². The monoisotopic (exact) mass is 536 g/mol. The van der Waals surface area contributed by atoms with Crippen LogP contribution in [-0.2, 0) is 14.3 Å². The zero-order valence-corrected chi connectivity index (χ0v) is 21.8. The van der Waals surface area contributed by atoms with E-state index >= 15 is 0 Å². The number of nitrogens with one attached hydrogen (secondary N) is 2. The molecule has 1 aliphatic carbocycles. The number of hydrogen-bond acceptors (Lipinski definition) is 9. The molecule has 12 nitrogen and oxygen atoms in total. The van der Waals surface area contributed by atoms with Gasteiger partial charge in [0.15, 0.2) is 23.1 Å². The Morgan fingerprint density at radius 2 is 1.66 bits per heavy atom. The third-order valence-electron chi connectivity index (χ3n) is 6.67. The second kappa shape index (κ2) is 14.3. The summed E-state index contributed by atoms with van der Waals surface area (Å²) in [5.74, 6) is -2.70. The molecule has 210 valence electrons. The second-order valence-electron chi connectivity index (χ2n) is 9.23. The lowest BCUT2D eigenvalue weighted by atomic mass is 9.98. The standard InChI is InChI=1S/C24H34N2O6.C2H2O4/c1-28-20-18-11-15-30-21(18)23(29-2)22(31-16-14-26-12-7-4-8-13-26)19(20)25-24(27)32-17-9-5-3-6-10-17;3-1(4)2(5)6/h11,15,17H,3-10,12-14,16H2,1-2H3,(H,25,27);(H,3,4)(H,5,6). The van der Waals surface area contributed by atoms with Gasteiger partial charge in [0, 0.05) is 0 Å². The summed E-state index contributed by atoms with van der Waals surface area (Å²) in [4.78, 5) is 32.3. The minimum Gasteiger partial charge on any atom is -0.539 e. The number of carboxylic acids is 2. The van der Waals surface area contributed by atoms with Crippen LogP contribution in [0.1, 0.15) is 51.4 Å². The zero-order valence-electron chi connectivity index (χ0n) is 21.8.